The minimum Gasteiger partial charge on any atom is -0.403 e. The molecule has 33 heavy (non-hydrogen) atoms. The molecule has 1 aliphatic heterocycles. The lowest BCUT2D eigenvalue weighted by Gasteiger charge is -2.38. The van der Waals surface area contributed by atoms with E-state index in [2.05, 4.69) is 57.9 Å². The summed E-state index contributed by atoms with van der Waals surface area (Å²) in [6.07, 6.45) is 16.4. The molecule has 4 nitrogen and oxygen atoms in total. The van der Waals surface area contributed by atoms with Crippen LogP contribution < -0.4 is 5.32 Å². The standard InChI is InChI=1S/C27H49NO3SSi/c1-7-8-20-23(31-33(5,6)27(2,3)4)21-18-16-14-12-10-9-11-13-15-17-19-22-24-25(29)28-26(30)32-24/h23-24H,7-17,19-20,22H2,1-6H3,(H,28,29,30)/t23?,24-/m1/s1. The summed E-state index contributed by atoms with van der Waals surface area (Å²) in [4.78, 5) is 22.7. The molecule has 0 spiro atoms. The molecule has 6 heteroatoms. The Hall–Kier alpha value is -0.773. The lowest BCUT2D eigenvalue weighted by Crippen LogP contribution is -2.43. The monoisotopic (exact) mass is 495 g/mol. The van der Waals surface area contributed by atoms with Crippen LogP contribution in [0.4, 0.5) is 4.79 Å². The number of carbonyl (C=O) groups is 2. The first kappa shape index (κ1) is 30.3. The fraction of sp³-hybridized carbons (Fsp3) is 0.852. The number of rotatable bonds is 16. The van der Waals surface area contributed by atoms with E-state index in [1.54, 1.807) is 0 Å². The van der Waals surface area contributed by atoms with Crippen LogP contribution in [-0.2, 0) is 9.22 Å². The zero-order valence-electron chi connectivity index (χ0n) is 22.2. The second-order valence-corrected chi connectivity index (χ2v) is 16.9. The predicted molar refractivity (Wildman–Crippen MR) is 145 cm³/mol. The van der Waals surface area contributed by atoms with E-state index >= 15 is 0 Å². The van der Waals surface area contributed by atoms with Crippen molar-refractivity contribution in [2.24, 2.45) is 0 Å². The average Bonchev–Trinajstić information content (AvgIpc) is 3.05. The van der Waals surface area contributed by atoms with Crippen molar-refractivity contribution in [3.05, 3.63) is 0 Å². The van der Waals surface area contributed by atoms with Crippen molar-refractivity contribution >= 4 is 31.2 Å². The Labute approximate surface area is 209 Å². The highest BCUT2D eigenvalue weighted by Gasteiger charge is 2.38. The third kappa shape index (κ3) is 13.0. The normalized spacial score (nSPS) is 17.6. The molecule has 1 fully saturated rings. The molecule has 0 aromatic carbocycles. The molecular weight excluding hydrogens is 446 g/mol. The first-order valence-corrected chi connectivity index (χ1v) is 17.0. The number of amides is 2. The van der Waals surface area contributed by atoms with Crippen LogP contribution >= 0.6 is 11.8 Å². The van der Waals surface area contributed by atoms with Crippen LogP contribution in [0.15, 0.2) is 0 Å². The van der Waals surface area contributed by atoms with E-state index in [0.717, 1.165) is 43.9 Å². The highest BCUT2D eigenvalue weighted by Crippen LogP contribution is 2.37. The van der Waals surface area contributed by atoms with E-state index in [9.17, 15) is 9.59 Å². The van der Waals surface area contributed by atoms with Gasteiger partial charge in [-0.1, -0.05) is 110 Å². The quantitative estimate of drug-likeness (QED) is 0.133. The van der Waals surface area contributed by atoms with E-state index in [4.69, 9.17) is 4.43 Å². The minimum absolute atomic E-state index is 0.103. The van der Waals surface area contributed by atoms with Gasteiger partial charge < -0.3 is 4.43 Å². The van der Waals surface area contributed by atoms with E-state index in [1.807, 2.05) is 0 Å². The highest BCUT2D eigenvalue weighted by atomic mass is 32.2. The summed E-state index contributed by atoms with van der Waals surface area (Å²) in [6.45, 7) is 13.8. The van der Waals surface area contributed by atoms with Gasteiger partial charge in [0.1, 0.15) is 6.10 Å². The Balaban J connectivity index is 2.08. The van der Waals surface area contributed by atoms with E-state index in [-0.39, 0.29) is 27.5 Å². The molecule has 1 unspecified atom stereocenters. The molecule has 0 aromatic rings. The number of nitrogens with one attached hydrogen (secondary N) is 1. The minimum atomic E-state index is -1.77. The van der Waals surface area contributed by atoms with Crippen molar-refractivity contribution in [2.75, 3.05) is 0 Å². The number of imide groups is 1. The zero-order chi connectivity index (χ0) is 24.7. The number of hydrogen-bond donors (Lipinski definition) is 1. The summed E-state index contributed by atoms with van der Waals surface area (Å²) < 4.78 is 6.57. The second-order valence-electron chi connectivity index (χ2n) is 10.9. The van der Waals surface area contributed by atoms with Crippen LogP contribution in [0.25, 0.3) is 0 Å². The van der Waals surface area contributed by atoms with Crippen molar-refractivity contribution in [3.8, 4) is 11.8 Å². The Kier molecular flexibility index (Phi) is 14.7. The number of thioether (sulfide) groups is 1. The average molecular weight is 496 g/mol. The molecule has 0 aromatic heterocycles. The summed E-state index contributed by atoms with van der Waals surface area (Å²) in [5, 5.41) is 2.25. The second kappa shape index (κ2) is 16.0. The third-order valence-electron chi connectivity index (χ3n) is 6.86. The lowest BCUT2D eigenvalue weighted by molar-refractivity contribution is -0.119. The Bertz CT molecular complexity index is 648. The van der Waals surface area contributed by atoms with Gasteiger partial charge in [0.2, 0.25) is 5.91 Å². The fourth-order valence-corrected chi connectivity index (χ4v) is 5.74. The molecule has 1 heterocycles. The van der Waals surface area contributed by atoms with E-state index in [1.165, 1.54) is 57.8 Å². The molecule has 1 saturated heterocycles. The third-order valence-corrected chi connectivity index (χ3v) is 12.4. The van der Waals surface area contributed by atoms with Gasteiger partial charge in [-0.15, -0.1) is 5.92 Å². The summed E-state index contributed by atoms with van der Waals surface area (Å²) in [7, 11) is -1.77. The summed E-state index contributed by atoms with van der Waals surface area (Å²) in [5.41, 5.74) is 0. The van der Waals surface area contributed by atoms with Gasteiger partial charge in [-0.25, -0.2) is 0 Å². The smallest absolute Gasteiger partial charge is 0.286 e. The maximum Gasteiger partial charge on any atom is 0.286 e. The van der Waals surface area contributed by atoms with Crippen molar-refractivity contribution in [1.82, 2.24) is 5.32 Å². The molecule has 2 atom stereocenters. The van der Waals surface area contributed by atoms with Gasteiger partial charge in [0.15, 0.2) is 8.32 Å². The van der Waals surface area contributed by atoms with Crippen LogP contribution in [0.3, 0.4) is 0 Å². The van der Waals surface area contributed by atoms with Crippen LogP contribution in [0.1, 0.15) is 118 Å². The zero-order valence-corrected chi connectivity index (χ0v) is 24.0. The molecule has 0 bridgehead atoms. The first-order valence-electron chi connectivity index (χ1n) is 13.2. The van der Waals surface area contributed by atoms with E-state index in [0.29, 0.717) is 0 Å². The SMILES string of the molecule is CCCCC(C#CCCCCCCCCCCC[C@H]1SC(=O)NC1=O)O[Si](C)(C)C(C)(C)C. The van der Waals surface area contributed by atoms with Crippen LogP contribution in [0.5, 0.6) is 0 Å². The van der Waals surface area contributed by atoms with Crippen molar-refractivity contribution in [1.29, 1.82) is 0 Å². The Morgan fingerprint density at radius 2 is 1.55 bits per heavy atom. The van der Waals surface area contributed by atoms with Gasteiger partial charge in [0, 0.05) is 6.42 Å². The Morgan fingerprint density at radius 3 is 2.06 bits per heavy atom. The van der Waals surface area contributed by atoms with Gasteiger partial charge >= 0.3 is 0 Å². The molecular formula is C27H49NO3SSi. The molecule has 1 N–H and O–H groups in total. The molecule has 0 radical (unpaired) electrons. The summed E-state index contributed by atoms with van der Waals surface area (Å²) in [5.74, 6) is 6.77. The van der Waals surface area contributed by atoms with Crippen molar-refractivity contribution in [3.63, 3.8) is 0 Å². The number of unbranched alkanes of at least 4 members (excludes halogenated alkanes) is 10. The molecule has 190 valence electrons. The van der Waals surface area contributed by atoms with Crippen molar-refractivity contribution in [2.45, 2.75) is 147 Å². The van der Waals surface area contributed by atoms with Crippen molar-refractivity contribution < 1.29 is 14.0 Å². The van der Waals surface area contributed by atoms with Gasteiger partial charge in [-0.05, 0) is 37.4 Å². The highest BCUT2D eigenvalue weighted by molar-refractivity contribution is 8.15. The largest absolute Gasteiger partial charge is 0.403 e. The number of hydrogen-bond acceptors (Lipinski definition) is 4. The molecule has 0 saturated carbocycles. The van der Waals surface area contributed by atoms with Gasteiger partial charge in [0.25, 0.3) is 5.24 Å². The van der Waals surface area contributed by atoms with Crippen LogP contribution in [0.2, 0.25) is 18.1 Å². The summed E-state index contributed by atoms with van der Waals surface area (Å²) >= 11 is 1.15. The van der Waals surface area contributed by atoms with Crippen LogP contribution in [-0.4, -0.2) is 30.8 Å². The lowest BCUT2D eigenvalue weighted by atomic mass is 10.0. The van der Waals surface area contributed by atoms with Gasteiger partial charge in [0.05, 0.1) is 5.25 Å². The number of carbonyl (C=O) groups excluding carboxylic acids is 2. The first-order chi connectivity index (χ1) is 15.6. The van der Waals surface area contributed by atoms with Crippen LogP contribution in [0, 0.1) is 11.8 Å². The summed E-state index contributed by atoms with van der Waals surface area (Å²) in [6, 6.07) is 0. The topological polar surface area (TPSA) is 55.4 Å². The maximum absolute atomic E-state index is 11.5. The van der Waals surface area contributed by atoms with E-state index < -0.39 is 8.32 Å². The molecule has 1 rings (SSSR count). The van der Waals surface area contributed by atoms with Gasteiger partial charge in [-0.2, -0.15) is 0 Å². The maximum atomic E-state index is 11.5. The molecule has 0 aliphatic carbocycles. The predicted octanol–water partition coefficient (Wildman–Crippen LogP) is 8.21. The molecule has 2 amide bonds. The molecule has 1 aliphatic rings. The van der Waals surface area contributed by atoms with Gasteiger partial charge in [-0.3, -0.25) is 14.9 Å². The fourth-order valence-electron chi connectivity index (χ4n) is 3.63. The Morgan fingerprint density at radius 1 is 0.970 bits per heavy atom.